The lowest BCUT2D eigenvalue weighted by atomic mass is 10.1. The highest BCUT2D eigenvalue weighted by Crippen LogP contribution is 2.21. The zero-order chi connectivity index (χ0) is 21.2. The summed E-state index contributed by atoms with van der Waals surface area (Å²) in [7, 11) is 0. The topological polar surface area (TPSA) is 80.6 Å². The Bertz CT molecular complexity index is 873. The van der Waals surface area contributed by atoms with Crippen molar-refractivity contribution in [3.8, 4) is 5.69 Å². The molecule has 0 aliphatic carbocycles. The number of benzene rings is 1. The molecule has 8 nitrogen and oxygen atoms in total. The summed E-state index contributed by atoms with van der Waals surface area (Å²) in [5.41, 5.74) is 1.64. The van der Waals surface area contributed by atoms with Crippen molar-refractivity contribution in [2.75, 3.05) is 19.6 Å². The summed E-state index contributed by atoms with van der Waals surface area (Å²) >= 11 is 0. The Kier molecular flexibility index (Phi) is 5.91. The average molecular weight is 399 g/mol. The maximum Gasteiger partial charge on any atom is 0.410 e. The zero-order valence-corrected chi connectivity index (χ0v) is 17.8. The molecule has 1 aromatic carbocycles. The molecule has 1 aromatic heterocycles. The second kappa shape index (κ2) is 8.23. The zero-order valence-electron chi connectivity index (χ0n) is 17.8. The van der Waals surface area contributed by atoms with Crippen LogP contribution in [-0.4, -0.2) is 68.1 Å². The van der Waals surface area contributed by atoms with Crippen molar-refractivity contribution in [3.63, 3.8) is 0 Å². The number of rotatable bonds is 2. The molecule has 1 aliphatic heterocycles. The predicted octanol–water partition coefficient (Wildman–Crippen LogP) is 3.05. The first-order valence-corrected chi connectivity index (χ1v) is 9.92. The van der Waals surface area contributed by atoms with Crippen molar-refractivity contribution in [1.29, 1.82) is 0 Å². The number of carbonyl (C=O) groups excluding carboxylic acids is 2. The predicted molar refractivity (Wildman–Crippen MR) is 109 cm³/mol. The summed E-state index contributed by atoms with van der Waals surface area (Å²) in [4.78, 5) is 30.9. The molecule has 1 atom stereocenters. The quantitative estimate of drug-likeness (QED) is 0.775. The first-order chi connectivity index (χ1) is 13.7. The van der Waals surface area contributed by atoms with Crippen molar-refractivity contribution in [3.05, 3.63) is 41.7 Å². The van der Waals surface area contributed by atoms with Gasteiger partial charge >= 0.3 is 6.09 Å². The van der Waals surface area contributed by atoms with E-state index in [1.54, 1.807) is 17.3 Å². The van der Waals surface area contributed by atoms with Gasteiger partial charge in [-0.25, -0.2) is 4.79 Å². The third-order valence-corrected chi connectivity index (χ3v) is 4.89. The number of aromatic nitrogens is 3. The molecule has 3 rings (SSSR count). The number of hydrogen-bond acceptors (Lipinski definition) is 5. The Labute approximate surface area is 171 Å². The second-order valence-corrected chi connectivity index (χ2v) is 8.44. The van der Waals surface area contributed by atoms with E-state index in [2.05, 4.69) is 10.2 Å². The molecule has 2 heterocycles. The molecule has 1 saturated heterocycles. The fraction of sp³-hybridized carbons (Fsp3) is 0.524. The smallest absolute Gasteiger partial charge is 0.410 e. The summed E-state index contributed by atoms with van der Waals surface area (Å²) in [6.45, 7) is 11.0. The van der Waals surface area contributed by atoms with Crippen LogP contribution in [0.2, 0.25) is 0 Å². The molecule has 0 radical (unpaired) electrons. The van der Waals surface area contributed by atoms with E-state index >= 15 is 0 Å². The highest BCUT2D eigenvalue weighted by Gasteiger charge is 2.31. The summed E-state index contributed by atoms with van der Waals surface area (Å²) in [6.07, 6.45) is 3.52. The minimum Gasteiger partial charge on any atom is -0.444 e. The maximum atomic E-state index is 13.5. The fourth-order valence-electron chi connectivity index (χ4n) is 3.36. The molecule has 0 bridgehead atoms. The molecule has 0 N–H and O–H groups in total. The minimum atomic E-state index is -0.544. The van der Waals surface area contributed by atoms with E-state index in [9.17, 15) is 9.59 Å². The minimum absolute atomic E-state index is 0.00567. The molecular weight excluding hydrogens is 370 g/mol. The third-order valence-electron chi connectivity index (χ3n) is 4.89. The summed E-state index contributed by atoms with van der Waals surface area (Å²) in [5.74, 6) is -0.0838. The molecule has 29 heavy (non-hydrogen) atoms. The Morgan fingerprint density at radius 1 is 1.10 bits per heavy atom. The molecule has 2 aromatic rings. The van der Waals surface area contributed by atoms with Crippen LogP contribution < -0.4 is 0 Å². The lowest BCUT2D eigenvalue weighted by Crippen LogP contribution is -2.41. The van der Waals surface area contributed by atoms with Crippen LogP contribution in [0.5, 0.6) is 0 Å². The molecule has 1 fully saturated rings. The Hall–Kier alpha value is -2.90. The van der Waals surface area contributed by atoms with Gasteiger partial charge in [-0.3, -0.25) is 4.79 Å². The van der Waals surface area contributed by atoms with E-state index in [0.717, 1.165) is 5.56 Å². The first-order valence-electron chi connectivity index (χ1n) is 9.92. The van der Waals surface area contributed by atoms with Gasteiger partial charge < -0.3 is 14.5 Å². The van der Waals surface area contributed by atoms with Crippen LogP contribution >= 0.6 is 0 Å². The Balaban J connectivity index is 1.81. The van der Waals surface area contributed by atoms with Crippen LogP contribution in [0.4, 0.5) is 4.79 Å². The van der Waals surface area contributed by atoms with Crippen LogP contribution in [0, 0.1) is 6.92 Å². The third kappa shape index (κ3) is 4.93. The molecule has 1 aliphatic rings. The largest absolute Gasteiger partial charge is 0.444 e. The second-order valence-electron chi connectivity index (χ2n) is 8.44. The lowest BCUT2D eigenvalue weighted by molar-refractivity contribution is 0.0255. The van der Waals surface area contributed by atoms with Gasteiger partial charge in [0.05, 0.1) is 23.6 Å². The summed E-state index contributed by atoms with van der Waals surface area (Å²) in [6, 6.07) is 5.65. The van der Waals surface area contributed by atoms with E-state index in [1.165, 1.54) is 4.80 Å². The van der Waals surface area contributed by atoms with Gasteiger partial charge in [0.2, 0.25) is 0 Å². The highest BCUT2D eigenvalue weighted by atomic mass is 16.6. The maximum absolute atomic E-state index is 13.5. The highest BCUT2D eigenvalue weighted by molar-refractivity contribution is 5.98. The molecule has 156 valence electrons. The van der Waals surface area contributed by atoms with Crippen molar-refractivity contribution in [2.45, 2.75) is 52.7 Å². The van der Waals surface area contributed by atoms with Gasteiger partial charge in [0.1, 0.15) is 5.60 Å². The van der Waals surface area contributed by atoms with Crippen molar-refractivity contribution in [2.24, 2.45) is 0 Å². The number of hydrogen-bond donors (Lipinski definition) is 0. The van der Waals surface area contributed by atoms with Crippen LogP contribution in [0.3, 0.4) is 0 Å². The Morgan fingerprint density at radius 2 is 1.79 bits per heavy atom. The van der Waals surface area contributed by atoms with E-state index in [-0.39, 0.29) is 18.0 Å². The molecule has 8 heteroatoms. The molecule has 2 amide bonds. The van der Waals surface area contributed by atoms with Gasteiger partial charge in [-0.2, -0.15) is 15.0 Å². The van der Waals surface area contributed by atoms with Gasteiger partial charge in [-0.1, -0.05) is 11.6 Å². The van der Waals surface area contributed by atoms with Gasteiger partial charge in [0.15, 0.2) is 0 Å². The van der Waals surface area contributed by atoms with Gasteiger partial charge in [0.25, 0.3) is 5.91 Å². The number of nitrogens with zero attached hydrogens (tertiary/aromatic N) is 5. The normalized spacial score (nSPS) is 17.8. The number of carbonyl (C=O) groups is 2. The number of aryl methyl sites for hydroxylation is 1. The summed E-state index contributed by atoms with van der Waals surface area (Å²) < 4.78 is 5.50. The number of amides is 2. The van der Waals surface area contributed by atoms with E-state index in [4.69, 9.17) is 4.74 Å². The van der Waals surface area contributed by atoms with Crippen LogP contribution in [-0.2, 0) is 4.74 Å². The lowest BCUT2D eigenvalue weighted by Gasteiger charge is -2.28. The first kappa shape index (κ1) is 20.8. The molecule has 0 unspecified atom stereocenters. The Morgan fingerprint density at radius 3 is 2.45 bits per heavy atom. The van der Waals surface area contributed by atoms with Gasteiger partial charge in [-0.05, 0) is 53.2 Å². The van der Waals surface area contributed by atoms with Gasteiger partial charge in [-0.15, -0.1) is 0 Å². The molecular formula is C21H29N5O3. The number of ether oxygens (including phenoxy) is 1. The van der Waals surface area contributed by atoms with Crippen LogP contribution in [0.1, 0.15) is 50.0 Å². The molecule has 0 saturated carbocycles. The van der Waals surface area contributed by atoms with E-state index in [0.29, 0.717) is 37.3 Å². The van der Waals surface area contributed by atoms with Crippen molar-refractivity contribution < 1.29 is 14.3 Å². The van der Waals surface area contributed by atoms with Crippen molar-refractivity contribution in [1.82, 2.24) is 24.8 Å². The van der Waals surface area contributed by atoms with Gasteiger partial charge in [0, 0.05) is 25.7 Å². The SMILES string of the molecule is Cc1ccc(-n2nccn2)c(C(=O)N2CCN(C(=O)OC(C)(C)C)CC[C@H]2C)c1. The standard InChI is InChI=1S/C21H29N5O3/c1-15-6-7-18(26-22-9-10-23-26)17(14-15)19(27)25-13-12-24(11-8-16(25)2)20(28)29-21(3,4)5/h6-7,9-10,14,16H,8,11-13H2,1-5H3/t16-/m1/s1. The average Bonchev–Trinajstić information content (AvgIpc) is 3.09. The van der Waals surface area contributed by atoms with E-state index < -0.39 is 5.60 Å². The molecule has 0 spiro atoms. The van der Waals surface area contributed by atoms with Crippen LogP contribution in [0.15, 0.2) is 30.6 Å². The van der Waals surface area contributed by atoms with Crippen molar-refractivity contribution >= 4 is 12.0 Å². The van der Waals surface area contributed by atoms with E-state index in [1.807, 2.05) is 57.7 Å². The monoisotopic (exact) mass is 399 g/mol. The van der Waals surface area contributed by atoms with Crippen LogP contribution in [0.25, 0.3) is 5.69 Å². The fourth-order valence-corrected chi connectivity index (χ4v) is 3.36. The summed E-state index contributed by atoms with van der Waals surface area (Å²) in [5, 5.41) is 8.35.